The fraction of sp³-hybridized carbons (Fsp3) is 1.00. The van der Waals surface area contributed by atoms with Gasteiger partial charge in [-0.1, -0.05) is 6.92 Å². The molecule has 2 saturated heterocycles. The number of hydrogen-bond acceptors (Lipinski definition) is 4. The molecule has 1 N–H and O–H groups in total. The topological polar surface area (TPSA) is 33.7 Å². The maximum absolute atomic E-state index is 5.79. The number of hydrogen-bond donors (Lipinski definition) is 1. The number of nitrogens with one attached hydrogen (secondary N) is 1. The molecular weight excluding hydrogens is 216 g/mol. The van der Waals surface area contributed by atoms with Gasteiger partial charge in [0.25, 0.3) is 0 Å². The molecule has 0 aromatic carbocycles. The van der Waals surface area contributed by atoms with Gasteiger partial charge < -0.3 is 14.8 Å². The second kappa shape index (κ2) is 4.84. The molecule has 3 fully saturated rings. The summed E-state index contributed by atoms with van der Waals surface area (Å²) in [5.74, 6) is -0.201. The minimum absolute atomic E-state index is 0.201. The Balaban J connectivity index is 1.56. The van der Waals surface area contributed by atoms with Crippen molar-refractivity contribution < 1.29 is 9.47 Å². The molecule has 1 spiro atoms. The molecule has 4 nitrogen and oxygen atoms in total. The van der Waals surface area contributed by atoms with Gasteiger partial charge in [-0.3, -0.25) is 4.90 Å². The highest BCUT2D eigenvalue weighted by atomic mass is 16.7. The highest BCUT2D eigenvalue weighted by Crippen LogP contribution is 2.37. The summed E-state index contributed by atoms with van der Waals surface area (Å²) in [5, 5.41) is 3.37. The fourth-order valence-electron chi connectivity index (χ4n) is 3.48. The van der Waals surface area contributed by atoms with Crippen LogP contribution in [-0.2, 0) is 9.47 Å². The molecule has 0 aromatic rings. The molecule has 0 amide bonds. The minimum atomic E-state index is -0.201. The van der Waals surface area contributed by atoms with Gasteiger partial charge in [0.1, 0.15) is 0 Å². The van der Waals surface area contributed by atoms with Gasteiger partial charge in [-0.2, -0.15) is 0 Å². The van der Waals surface area contributed by atoms with E-state index in [9.17, 15) is 0 Å². The SMILES string of the molecule is CCN(C1CCC2(CC1)OCCO2)C1CNC1. The highest BCUT2D eigenvalue weighted by Gasteiger charge is 2.42. The Labute approximate surface area is 104 Å². The lowest BCUT2D eigenvalue weighted by Crippen LogP contribution is -2.60. The molecule has 2 heterocycles. The van der Waals surface area contributed by atoms with Crippen LogP contribution in [0.4, 0.5) is 0 Å². The zero-order valence-corrected chi connectivity index (χ0v) is 10.8. The first-order valence-corrected chi connectivity index (χ1v) is 7.07. The van der Waals surface area contributed by atoms with Crippen molar-refractivity contribution in [1.29, 1.82) is 0 Å². The van der Waals surface area contributed by atoms with Crippen LogP contribution in [0.2, 0.25) is 0 Å². The first-order valence-electron chi connectivity index (χ1n) is 7.07. The summed E-state index contributed by atoms with van der Waals surface area (Å²) < 4.78 is 11.6. The summed E-state index contributed by atoms with van der Waals surface area (Å²) in [6.45, 7) is 7.37. The summed E-state index contributed by atoms with van der Waals surface area (Å²) in [5.41, 5.74) is 0. The molecule has 0 bridgehead atoms. The van der Waals surface area contributed by atoms with E-state index in [1.807, 2.05) is 0 Å². The van der Waals surface area contributed by atoms with Gasteiger partial charge in [-0.15, -0.1) is 0 Å². The molecule has 2 aliphatic heterocycles. The second-order valence-corrected chi connectivity index (χ2v) is 5.48. The monoisotopic (exact) mass is 240 g/mol. The maximum Gasteiger partial charge on any atom is 0.168 e. The van der Waals surface area contributed by atoms with Crippen LogP contribution in [0.25, 0.3) is 0 Å². The van der Waals surface area contributed by atoms with Crippen molar-refractivity contribution in [3.8, 4) is 0 Å². The lowest BCUT2D eigenvalue weighted by molar-refractivity contribution is -0.185. The molecule has 3 aliphatic rings. The Morgan fingerprint density at radius 3 is 2.24 bits per heavy atom. The molecule has 17 heavy (non-hydrogen) atoms. The first-order chi connectivity index (χ1) is 8.33. The fourth-order valence-corrected chi connectivity index (χ4v) is 3.48. The third-order valence-corrected chi connectivity index (χ3v) is 4.59. The summed E-state index contributed by atoms with van der Waals surface area (Å²) in [4.78, 5) is 2.68. The molecule has 98 valence electrons. The van der Waals surface area contributed by atoms with E-state index in [2.05, 4.69) is 17.1 Å². The maximum atomic E-state index is 5.79. The minimum Gasteiger partial charge on any atom is -0.348 e. The molecule has 1 saturated carbocycles. The van der Waals surface area contributed by atoms with Crippen LogP contribution in [0, 0.1) is 0 Å². The average molecular weight is 240 g/mol. The van der Waals surface area contributed by atoms with Gasteiger partial charge in [-0.25, -0.2) is 0 Å². The Hall–Kier alpha value is -0.160. The lowest BCUT2D eigenvalue weighted by Gasteiger charge is -2.46. The normalized spacial score (nSPS) is 30.0. The Morgan fingerprint density at radius 1 is 1.12 bits per heavy atom. The summed E-state index contributed by atoms with van der Waals surface area (Å²) in [6.07, 6.45) is 4.61. The first kappa shape index (κ1) is 11.9. The van der Waals surface area contributed by atoms with E-state index in [-0.39, 0.29) is 5.79 Å². The van der Waals surface area contributed by atoms with Crippen molar-refractivity contribution in [2.24, 2.45) is 0 Å². The van der Waals surface area contributed by atoms with Crippen LogP contribution in [0.5, 0.6) is 0 Å². The third kappa shape index (κ3) is 2.24. The van der Waals surface area contributed by atoms with Gasteiger partial charge in [0, 0.05) is 38.0 Å². The molecular formula is C13H24N2O2. The van der Waals surface area contributed by atoms with Crippen LogP contribution in [0.15, 0.2) is 0 Å². The van der Waals surface area contributed by atoms with E-state index in [0.717, 1.165) is 38.1 Å². The molecule has 1 aliphatic carbocycles. The molecule has 0 aromatic heterocycles. The van der Waals surface area contributed by atoms with Crippen molar-refractivity contribution >= 4 is 0 Å². The van der Waals surface area contributed by atoms with Gasteiger partial charge >= 0.3 is 0 Å². The zero-order chi connectivity index (χ0) is 11.7. The van der Waals surface area contributed by atoms with Gasteiger partial charge in [0.15, 0.2) is 5.79 Å². The standard InChI is InChI=1S/C13H24N2O2/c1-2-15(12-9-14-10-12)11-3-5-13(6-4-11)16-7-8-17-13/h11-12,14H,2-10H2,1H3. The van der Waals surface area contributed by atoms with E-state index in [4.69, 9.17) is 9.47 Å². The summed E-state index contributed by atoms with van der Waals surface area (Å²) in [6, 6.07) is 1.51. The number of rotatable bonds is 3. The lowest BCUT2D eigenvalue weighted by atomic mass is 9.88. The Kier molecular flexibility index (Phi) is 3.39. The van der Waals surface area contributed by atoms with Crippen LogP contribution >= 0.6 is 0 Å². The number of ether oxygens (including phenoxy) is 2. The van der Waals surface area contributed by atoms with Gasteiger partial charge in [0.2, 0.25) is 0 Å². The quantitative estimate of drug-likeness (QED) is 0.797. The Bertz CT molecular complexity index is 252. The van der Waals surface area contributed by atoms with Crippen molar-refractivity contribution in [1.82, 2.24) is 10.2 Å². The second-order valence-electron chi connectivity index (χ2n) is 5.48. The predicted octanol–water partition coefficient (Wildman–Crippen LogP) is 0.966. The molecule has 3 rings (SSSR count). The van der Waals surface area contributed by atoms with Crippen LogP contribution in [-0.4, -0.2) is 55.6 Å². The van der Waals surface area contributed by atoms with E-state index in [0.29, 0.717) is 0 Å². The highest BCUT2D eigenvalue weighted by molar-refractivity contribution is 4.92. The Morgan fingerprint density at radius 2 is 1.76 bits per heavy atom. The van der Waals surface area contributed by atoms with E-state index in [1.165, 1.54) is 32.5 Å². The predicted molar refractivity (Wildman–Crippen MR) is 65.9 cm³/mol. The van der Waals surface area contributed by atoms with Crippen LogP contribution < -0.4 is 5.32 Å². The average Bonchev–Trinajstić information content (AvgIpc) is 2.73. The molecule has 4 heteroatoms. The third-order valence-electron chi connectivity index (χ3n) is 4.59. The number of likely N-dealkylation sites (N-methyl/N-ethyl adjacent to an activating group) is 1. The van der Waals surface area contributed by atoms with Crippen LogP contribution in [0.1, 0.15) is 32.6 Å². The van der Waals surface area contributed by atoms with E-state index < -0.39 is 0 Å². The van der Waals surface area contributed by atoms with E-state index >= 15 is 0 Å². The van der Waals surface area contributed by atoms with Crippen molar-refractivity contribution in [3.63, 3.8) is 0 Å². The van der Waals surface area contributed by atoms with Crippen molar-refractivity contribution in [2.75, 3.05) is 32.8 Å². The van der Waals surface area contributed by atoms with Crippen molar-refractivity contribution in [3.05, 3.63) is 0 Å². The van der Waals surface area contributed by atoms with Crippen molar-refractivity contribution in [2.45, 2.75) is 50.5 Å². The molecule has 0 unspecified atom stereocenters. The number of nitrogens with zero attached hydrogens (tertiary/aromatic N) is 1. The molecule has 0 radical (unpaired) electrons. The van der Waals surface area contributed by atoms with Crippen LogP contribution in [0.3, 0.4) is 0 Å². The smallest absolute Gasteiger partial charge is 0.168 e. The summed E-state index contributed by atoms with van der Waals surface area (Å²) in [7, 11) is 0. The van der Waals surface area contributed by atoms with E-state index in [1.54, 1.807) is 0 Å². The largest absolute Gasteiger partial charge is 0.348 e. The van der Waals surface area contributed by atoms with Gasteiger partial charge in [0.05, 0.1) is 13.2 Å². The zero-order valence-electron chi connectivity index (χ0n) is 10.8. The molecule has 0 atom stereocenters. The summed E-state index contributed by atoms with van der Waals surface area (Å²) >= 11 is 0. The van der Waals surface area contributed by atoms with Gasteiger partial charge in [-0.05, 0) is 19.4 Å².